The highest BCUT2D eigenvalue weighted by atomic mass is 79.9. The van der Waals surface area contributed by atoms with Crippen LogP contribution in [0.1, 0.15) is 25.8 Å². The van der Waals surface area contributed by atoms with Crippen molar-refractivity contribution in [2.75, 3.05) is 13.7 Å². The molecular weight excluding hydrogens is 282 g/mol. The highest BCUT2D eigenvalue weighted by molar-refractivity contribution is 9.10. The minimum atomic E-state index is -0.206. The fourth-order valence-corrected chi connectivity index (χ4v) is 1.59. The summed E-state index contributed by atoms with van der Waals surface area (Å²) in [4.78, 5) is 0. The van der Waals surface area contributed by atoms with Crippen LogP contribution in [0.3, 0.4) is 0 Å². The molecule has 0 radical (unpaired) electrons. The average molecular weight is 298 g/mol. The molecule has 0 aliphatic heterocycles. The summed E-state index contributed by atoms with van der Waals surface area (Å²) in [5.74, 6) is 0.614. The molecule has 17 heavy (non-hydrogen) atoms. The molecule has 0 atom stereocenters. The monoisotopic (exact) mass is 297 g/mol. The Morgan fingerprint density at radius 1 is 1.41 bits per heavy atom. The van der Waals surface area contributed by atoms with Crippen molar-refractivity contribution < 1.29 is 9.47 Å². The predicted octanol–water partition coefficient (Wildman–Crippen LogP) is 3.51. The van der Waals surface area contributed by atoms with Crippen LogP contribution in [-0.4, -0.2) is 19.3 Å². The SMILES string of the molecule is COC(C)(C)CCOc1ccc(Br)cc1C#N. The highest BCUT2D eigenvalue weighted by Gasteiger charge is 2.16. The molecule has 0 heterocycles. The molecule has 0 N–H and O–H groups in total. The number of ether oxygens (including phenoxy) is 2. The first-order valence-electron chi connectivity index (χ1n) is 5.36. The normalized spacial score (nSPS) is 11.0. The molecule has 1 rings (SSSR count). The molecule has 0 bridgehead atoms. The molecule has 1 aromatic rings. The second-order valence-electron chi connectivity index (χ2n) is 4.31. The summed E-state index contributed by atoms with van der Waals surface area (Å²) in [6, 6.07) is 7.51. The summed E-state index contributed by atoms with van der Waals surface area (Å²) < 4.78 is 11.8. The van der Waals surface area contributed by atoms with Gasteiger partial charge >= 0.3 is 0 Å². The summed E-state index contributed by atoms with van der Waals surface area (Å²) in [6.45, 7) is 4.53. The van der Waals surface area contributed by atoms with E-state index in [0.29, 0.717) is 17.9 Å². The van der Waals surface area contributed by atoms with Crippen molar-refractivity contribution in [3.63, 3.8) is 0 Å². The predicted molar refractivity (Wildman–Crippen MR) is 70.1 cm³/mol. The number of hydrogen-bond donors (Lipinski definition) is 0. The Bertz CT molecular complexity index is 424. The summed E-state index contributed by atoms with van der Waals surface area (Å²) in [7, 11) is 1.68. The van der Waals surface area contributed by atoms with Gasteiger partial charge in [-0.25, -0.2) is 0 Å². The molecule has 0 aromatic heterocycles. The molecule has 0 amide bonds. The molecular formula is C13H16BrNO2. The molecule has 0 saturated heterocycles. The lowest BCUT2D eigenvalue weighted by Gasteiger charge is -2.22. The van der Waals surface area contributed by atoms with Gasteiger partial charge in [0.25, 0.3) is 0 Å². The third-order valence-corrected chi connectivity index (χ3v) is 3.07. The Hall–Kier alpha value is -1.05. The van der Waals surface area contributed by atoms with E-state index in [0.717, 1.165) is 10.9 Å². The summed E-state index contributed by atoms with van der Waals surface area (Å²) >= 11 is 3.32. The van der Waals surface area contributed by atoms with E-state index in [1.165, 1.54) is 0 Å². The van der Waals surface area contributed by atoms with Crippen molar-refractivity contribution in [1.29, 1.82) is 5.26 Å². The third kappa shape index (κ3) is 4.37. The first-order valence-corrected chi connectivity index (χ1v) is 6.15. The second-order valence-corrected chi connectivity index (χ2v) is 5.23. The molecule has 0 spiro atoms. The summed E-state index contributed by atoms with van der Waals surface area (Å²) in [6.07, 6.45) is 0.768. The third-order valence-electron chi connectivity index (χ3n) is 2.58. The average Bonchev–Trinajstić information content (AvgIpc) is 2.30. The Kier molecular flexibility index (Phi) is 4.98. The van der Waals surface area contributed by atoms with Gasteiger partial charge in [0.15, 0.2) is 0 Å². The van der Waals surface area contributed by atoms with Crippen molar-refractivity contribution >= 4 is 15.9 Å². The number of methoxy groups -OCH3 is 1. The lowest BCUT2D eigenvalue weighted by Crippen LogP contribution is -2.25. The Morgan fingerprint density at radius 3 is 2.71 bits per heavy atom. The van der Waals surface area contributed by atoms with Gasteiger partial charge in [-0.1, -0.05) is 15.9 Å². The molecule has 0 unspecified atom stereocenters. The standard InChI is InChI=1S/C13H16BrNO2/c1-13(2,16-3)6-7-17-12-5-4-11(14)8-10(12)9-15/h4-5,8H,6-7H2,1-3H3. The largest absolute Gasteiger partial charge is 0.492 e. The van der Waals surface area contributed by atoms with E-state index in [1.807, 2.05) is 19.9 Å². The zero-order valence-corrected chi connectivity index (χ0v) is 11.9. The van der Waals surface area contributed by atoms with Gasteiger partial charge in [0, 0.05) is 18.0 Å². The lowest BCUT2D eigenvalue weighted by molar-refractivity contribution is 0.00543. The van der Waals surface area contributed by atoms with E-state index in [9.17, 15) is 0 Å². The van der Waals surface area contributed by atoms with Gasteiger partial charge in [0.2, 0.25) is 0 Å². The number of hydrogen-bond acceptors (Lipinski definition) is 3. The smallest absolute Gasteiger partial charge is 0.137 e. The highest BCUT2D eigenvalue weighted by Crippen LogP contribution is 2.23. The van der Waals surface area contributed by atoms with Crippen LogP contribution in [0.2, 0.25) is 0 Å². The Labute approximate surface area is 110 Å². The van der Waals surface area contributed by atoms with E-state index in [4.69, 9.17) is 14.7 Å². The van der Waals surface area contributed by atoms with Crippen LogP contribution in [0, 0.1) is 11.3 Å². The van der Waals surface area contributed by atoms with Crippen LogP contribution < -0.4 is 4.74 Å². The van der Waals surface area contributed by atoms with Gasteiger partial charge in [-0.15, -0.1) is 0 Å². The van der Waals surface area contributed by atoms with Crippen LogP contribution in [-0.2, 0) is 4.74 Å². The molecule has 3 nitrogen and oxygen atoms in total. The van der Waals surface area contributed by atoms with Gasteiger partial charge in [0.1, 0.15) is 11.8 Å². The van der Waals surface area contributed by atoms with Crippen LogP contribution in [0.15, 0.2) is 22.7 Å². The van der Waals surface area contributed by atoms with Crippen molar-refractivity contribution in [2.45, 2.75) is 25.9 Å². The minimum absolute atomic E-state index is 0.206. The van der Waals surface area contributed by atoms with E-state index in [-0.39, 0.29) is 5.60 Å². The molecule has 4 heteroatoms. The molecule has 0 aliphatic rings. The van der Waals surface area contributed by atoms with Gasteiger partial charge < -0.3 is 9.47 Å². The van der Waals surface area contributed by atoms with Crippen molar-refractivity contribution in [3.8, 4) is 11.8 Å². The summed E-state index contributed by atoms with van der Waals surface area (Å²) in [5.41, 5.74) is 0.330. The molecule has 0 saturated carbocycles. The van der Waals surface area contributed by atoms with Crippen molar-refractivity contribution in [1.82, 2.24) is 0 Å². The number of rotatable bonds is 5. The van der Waals surface area contributed by atoms with Gasteiger partial charge in [-0.2, -0.15) is 5.26 Å². The van der Waals surface area contributed by atoms with Crippen LogP contribution in [0.5, 0.6) is 5.75 Å². The fraction of sp³-hybridized carbons (Fsp3) is 0.462. The number of halogens is 1. The topological polar surface area (TPSA) is 42.2 Å². The summed E-state index contributed by atoms with van der Waals surface area (Å²) in [5, 5.41) is 8.97. The van der Waals surface area contributed by atoms with Crippen molar-refractivity contribution in [3.05, 3.63) is 28.2 Å². The molecule has 92 valence electrons. The lowest BCUT2D eigenvalue weighted by atomic mass is 10.1. The quantitative estimate of drug-likeness (QED) is 0.835. The fourth-order valence-electron chi connectivity index (χ4n) is 1.22. The first kappa shape index (κ1) is 14.0. The maximum atomic E-state index is 8.97. The maximum absolute atomic E-state index is 8.97. The van der Waals surface area contributed by atoms with E-state index in [1.54, 1.807) is 19.2 Å². The number of benzene rings is 1. The second kappa shape index (κ2) is 6.04. The molecule has 0 fully saturated rings. The number of nitriles is 1. The van der Waals surface area contributed by atoms with Crippen LogP contribution in [0.4, 0.5) is 0 Å². The van der Waals surface area contributed by atoms with E-state index < -0.39 is 0 Å². The number of nitrogens with zero attached hydrogens (tertiary/aromatic N) is 1. The van der Waals surface area contributed by atoms with Gasteiger partial charge in [0.05, 0.1) is 17.8 Å². The van der Waals surface area contributed by atoms with Gasteiger partial charge in [-0.3, -0.25) is 0 Å². The van der Waals surface area contributed by atoms with Crippen molar-refractivity contribution in [2.24, 2.45) is 0 Å². The first-order chi connectivity index (χ1) is 7.98. The zero-order chi connectivity index (χ0) is 12.9. The minimum Gasteiger partial charge on any atom is -0.492 e. The zero-order valence-electron chi connectivity index (χ0n) is 10.3. The van der Waals surface area contributed by atoms with Crippen LogP contribution >= 0.6 is 15.9 Å². The Balaban J connectivity index is 2.62. The maximum Gasteiger partial charge on any atom is 0.137 e. The molecule has 1 aromatic carbocycles. The van der Waals surface area contributed by atoms with Gasteiger partial charge in [-0.05, 0) is 32.0 Å². The van der Waals surface area contributed by atoms with Crippen LogP contribution in [0.25, 0.3) is 0 Å². The Morgan fingerprint density at radius 2 is 2.12 bits per heavy atom. The van der Waals surface area contributed by atoms with E-state index >= 15 is 0 Å². The molecule has 0 aliphatic carbocycles. The van der Waals surface area contributed by atoms with E-state index in [2.05, 4.69) is 22.0 Å².